The Hall–Kier alpha value is -1.64. The Bertz CT molecular complexity index is 675. The molecule has 0 saturated heterocycles. The van der Waals surface area contributed by atoms with Gasteiger partial charge in [-0.15, -0.1) is 0 Å². The van der Waals surface area contributed by atoms with Gasteiger partial charge in [0.1, 0.15) is 5.92 Å². The van der Waals surface area contributed by atoms with Crippen molar-refractivity contribution in [3.05, 3.63) is 20.2 Å². The molecule has 0 N–H and O–H groups in total. The predicted octanol–water partition coefficient (Wildman–Crippen LogP) is 1.50. The average molecular weight is 440 g/mol. The molecule has 0 aromatic heterocycles. The number of halogens is 5. The predicted molar refractivity (Wildman–Crippen MR) is 82.0 cm³/mol. The van der Waals surface area contributed by atoms with Crippen molar-refractivity contribution in [1.82, 2.24) is 0 Å². The summed E-state index contributed by atoms with van der Waals surface area (Å²) in [5.41, 5.74) is 0. The van der Waals surface area contributed by atoms with Crippen molar-refractivity contribution in [2.24, 2.45) is 5.92 Å². The van der Waals surface area contributed by atoms with Gasteiger partial charge in [0.05, 0.1) is 6.61 Å². The van der Waals surface area contributed by atoms with Crippen LogP contribution in [0.5, 0.6) is 0 Å². The van der Waals surface area contributed by atoms with Crippen LogP contribution < -0.4 is 0 Å². The van der Waals surface area contributed by atoms with E-state index in [-0.39, 0.29) is 19.3 Å². The molecular formula is C13H17F5N2O7S. The lowest BCUT2D eigenvalue weighted by atomic mass is 9.81. The molecule has 0 aromatic carbocycles. The topological polar surface area (TPSA) is 130 Å². The van der Waals surface area contributed by atoms with Crippen LogP contribution in [-0.4, -0.2) is 73.1 Å². The maximum absolute atomic E-state index is 13.9. The fourth-order valence-electron chi connectivity index (χ4n) is 3.60. The fourth-order valence-corrected chi connectivity index (χ4v) is 5.04. The molecular weight excluding hydrogens is 423 g/mol. The van der Waals surface area contributed by atoms with Crippen molar-refractivity contribution < 1.29 is 44.4 Å². The van der Waals surface area contributed by atoms with Crippen LogP contribution in [0.25, 0.3) is 0 Å². The maximum Gasteiger partial charge on any atom is 0.276 e. The zero-order chi connectivity index (χ0) is 21.4. The van der Waals surface area contributed by atoms with E-state index in [4.69, 9.17) is 0 Å². The molecule has 2 aliphatic rings. The summed E-state index contributed by atoms with van der Waals surface area (Å²) >= 11 is 0. The monoisotopic (exact) mass is 440 g/mol. The van der Waals surface area contributed by atoms with Gasteiger partial charge in [0, 0.05) is 22.7 Å². The Morgan fingerprint density at radius 1 is 0.821 bits per heavy atom. The van der Waals surface area contributed by atoms with Crippen LogP contribution in [-0.2, 0) is 14.3 Å². The van der Waals surface area contributed by atoms with E-state index in [2.05, 4.69) is 4.18 Å². The molecule has 9 nitrogen and oxygen atoms in total. The standard InChI is InChI=1S/C13H17F5N2O7S/c14-8-9(15)11(17)13(12(18)10(8)16)28(25,26)27-4-5-6(19(21)22)2-1-3-7(5)20(23)24/h5-13H,1-4H2. The molecule has 0 bridgehead atoms. The molecule has 2 fully saturated rings. The van der Waals surface area contributed by atoms with E-state index in [9.17, 15) is 50.6 Å². The van der Waals surface area contributed by atoms with Crippen LogP contribution in [0.1, 0.15) is 19.3 Å². The van der Waals surface area contributed by atoms with Crippen LogP contribution in [0.15, 0.2) is 0 Å². The summed E-state index contributed by atoms with van der Waals surface area (Å²) in [6, 6.07) is -3.10. The van der Waals surface area contributed by atoms with E-state index < -0.39 is 80.7 Å². The molecule has 2 aliphatic carbocycles. The Morgan fingerprint density at radius 3 is 1.61 bits per heavy atom. The quantitative estimate of drug-likeness (QED) is 0.265. The van der Waals surface area contributed by atoms with Gasteiger partial charge in [-0.05, 0) is 6.42 Å². The molecule has 15 heteroatoms. The minimum absolute atomic E-state index is 0.116. The highest BCUT2D eigenvalue weighted by Crippen LogP contribution is 2.37. The van der Waals surface area contributed by atoms with Crippen molar-refractivity contribution in [1.29, 1.82) is 0 Å². The molecule has 0 radical (unpaired) electrons. The van der Waals surface area contributed by atoms with E-state index in [0.717, 1.165) is 0 Å². The van der Waals surface area contributed by atoms with Gasteiger partial charge in [-0.3, -0.25) is 24.4 Å². The number of hydrogen-bond donors (Lipinski definition) is 0. The Balaban J connectivity index is 2.22. The van der Waals surface area contributed by atoms with Gasteiger partial charge in [-0.1, -0.05) is 0 Å². The molecule has 6 unspecified atom stereocenters. The molecule has 28 heavy (non-hydrogen) atoms. The van der Waals surface area contributed by atoms with E-state index >= 15 is 0 Å². The summed E-state index contributed by atoms with van der Waals surface area (Å²) in [5.74, 6) is -1.55. The van der Waals surface area contributed by atoms with Crippen molar-refractivity contribution in [3.63, 3.8) is 0 Å². The van der Waals surface area contributed by atoms with Gasteiger partial charge in [0.25, 0.3) is 10.1 Å². The third kappa shape index (κ3) is 4.18. The molecule has 2 saturated carbocycles. The number of alkyl halides is 5. The third-order valence-electron chi connectivity index (χ3n) is 5.13. The van der Waals surface area contributed by atoms with Gasteiger partial charge < -0.3 is 0 Å². The first-order valence-electron chi connectivity index (χ1n) is 8.25. The van der Waals surface area contributed by atoms with Gasteiger partial charge in [0.15, 0.2) is 36.1 Å². The van der Waals surface area contributed by atoms with Crippen molar-refractivity contribution in [2.75, 3.05) is 6.61 Å². The van der Waals surface area contributed by atoms with E-state index in [0.29, 0.717) is 0 Å². The van der Waals surface area contributed by atoms with Gasteiger partial charge in [-0.2, -0.15) is 8.42 Å². The van der Waals surface area contributed by atoms with Crippen molar-refractivity contribution >= 4 is 10.1 Å². The van der Waals surface area contributed by atoms with E-state index in [1.54, 1.807) is 0 Å². The number of hydrogen-bond acceptors (Lipinski definition) is 7. The summed E-state index contributed by atoms with van der Waals surface area (Å²) in [6.45, 7) is -1.18. The zero-order valence-electron chi connectivity index (χ0n) is 14.1. The summed E-state index contributed by atoms with van der Waals surface area (Å²) in [7, 11) is -5.41. The minimum atomic E-state index is -5.41. The second-order valence-electron chi connectivity index (χ2n) is 6.76. The van der Waals surface area contributed by atoms with Gasteiger partial charge in [0.2, 0.25) is 12.1 Å². The number of nitrogens with zero attached hydrogens (tertiary/aromatic N) is 2. The van der Waals surface area contributed by atoms with Gasteiger partial charge >= 0.3 is 0 Å². The average Bonchev–Trinajstić information content (AvgIpc) is 2.62. The van der Waals surface area contributed by atoms with Crippen LogP contribution >= 0.6 is 0 Å². The molecule has 0 aliphatic heterocycles. The summed E-state index contributed by atoms with van der Waals surface area (Å²) < 4.78 is 96.4. The van der Waals surface area contributed by atoms with Crippen LogP contribution in [0.2, 0.25) is 0 Å². The first-order valence-corrected chi connectivity index (χ1v) is 9.72. The smallest absolute Gasteiger partial charge is 0.269 e. The highest BCUT2D eigenvalue weighted by molar-refractivity contribution is 7.87. The van der Waals surface area contributed by atoms with E-state index in [1.165, 1.54) is 0 Å². The first kappa shape index (κ1) is 22.6. The molecule has 162 valence electrons. The summed E-state index contributed by atoms with van der Waals surface area (Å²) in [5, 5.41) is 19.2. The normalized spacial score (nSPS) is 42.1. The maximum atomic E-state index is 13.9. The third-order valence-corrected chi connectivity index (χ3v) is 6.78. The highest BCUT2D eigenvalue weighted by atomic mass is 32.2. The lowest BCUT2D eigenvalue weighted by molar-refractivity contribution is -0.584. The van der Waals surface area contributed by atoms with Gasteiger partial charge in [-0.25, -0.2) is 22.0 Å². The lowest BCUT2D eigenvalue weighted by Crippen LogP contribution is -2.59. The largest absolute Gasteiger partial charge is 0.276 e. The Labute approximate surface area is 155 Å². The van der Waals surface area contributed by atoms with Crippen molar-refractivity contribution in [3.8, 4) is 0 Å². The van der Waals surface area contributed by atoms with Crippen LogP contribution in [0, 0.1) is 26.1 Å². The molecule has 2 rings (SSSR count). The fraction of sp³-hybridized carbons (Fsp3) is 1.00. The first-order chi connectivity index (χ1) is 12.9. The van der Waals surface area contributed by atoms with Crippen LogP contribution in [0.3, 0.4) is 0 Å². The highest BCUT2D eigenvalue weighted by Gasteiger charge is 2.59. The second-order valence-corrected chi connectivity index (χ2v) is 8.53. The minimum Gasteiger partial charge on any atom is -0.269 e. The molecule has 0 heterocycles. The Morgan fingerprint density at radius 2 is 1.21 bits per heavy atom. The second kappa shape index (κ2) is 8.39. The van der Waals surface area contributed by atoms with Crippen LogP contribution in [0.4, 0.5) is 22.0 Å². The SMILES string of the molecule is O=[N+]([O-])C1CCCC([N+](=O)[O-])C1COS(=O)(=O)C1C(F)C(F)C(F)C(F)C1F. The molecule has 0 aromatic rings. The summed E-state index contributed by atoms with van der Waals surface area (Å²) in [6.07, 6.45) is -16.4. The molecule has 0 spiro atoms. The van der Waals surface area contributed by atoms with Crippen molar-refractivity contribution in [2.45, 2.75) is 67.5 Å². The Kier molecular flexibility index (Phi) is 6.78. The number of nitro groups is 2. The molecule has 6 atom stereocenters. The summed E-state index contributed by atoms with van der Waals surface area (Å²) in [4.78, 5) is 20.5. The van der Waals surface area contributed by atoms with E-state index in [1.807, 2.05) is 0 Å². The molecule has 0 amide bonds. The number of rotatable bonds is 6. The lowest BCUT2D eigenvalue weighted by Gasteiger charge is -2.35. The zero-order valence-corrected chi connectivity index (χ0v) is 14.9.